The number of aromatic nitrogens is 2. The lowest BCUT2D eigenvalue weighted by molar-refractivity contribution is 0.00694. The molecular weight excluding hydrogens is 285 g/mol. The average Bonchev–Trinajstić information content (AvgIpc) is 2.68. The Labute approximate surface area is 121 Å². The molecule has 0 aliphatic carbocycles. The molecule has 1 aromatic heterocycles. The van der Waals surface area contributed by atoms with Gasteiger partial charge in [-0.2, -0.15) is 0 Å². The summed E-state index contributed by atoms with van der Waals surface area (Å²) in [6.07, 6.45) is 3.59. The third-order valence-electron chi connectivity index (χ3n) is 3.48. The van der Waals surface area contributed by atoms with E-state index in [1.165, 1.54) is 6.42 Å². The van der Waals surface area contributed by atoms with Crippen molar-refractivity contribution in [1.82, 2.24) is 9.55 Å². The number of anilines is 1. The second-order valence-electron chi connectivity index (χ2n) is 4.82. The van der Waals surface area contributed by atoms with E-state index in [9.17, 15) is 0 Å². The number of nitrogens with zero attached hydrogens (tertiary/aromatic N) is 2. The lowest BCUT2D eigenvalue weighted by atomic mass is 10.1. The molecule has 0 radical (unpaired) electrons. The number of ether oxygens (including phenoxy) is 1. The Morgan fingerprint density at radius 1 is 1.32 bits per heavy atom. The van der Waals surface area contributed by atoms with Gasteiger partial charge in [0.05, 0.1) is 33.7 Å². The smallest absolute Gasteiger partial charge is 0.201 e. The van der Waals surface area contributed by atoms with Crippen LogP contribution in [0.1, 0.15) is 19.3 Å². The lowest BCUT2D eigenvalue weighted by Crippen LogP contribution is -2.25. The molecule has 6 heteroatoms. The van der Waals surface area contributed by atoms with Gasteiger partial charge in [0.1, 0.15) is 0 Å². The summed E-state index contributed by atoms with van der Waals surface area (Å²) in [5, 5.41) is 1.01. The Hall–Kier alpha value is -0.970. The second-order valence-corrected chi connectivity index (χ2v) is 5.64. The zero-order valence-corrected chi connectivity index (χ0v) is 11.9. The van der Waals surface area contributed by atoms with Gasteiger partial charge in [-0.15, -0.1) is 0 Å². The average molecular weight is 300 g/mol. The Kier molecular flexibility index (Phi) is 3.56. The van der Waals surface area contributed by atoms with Gasteiger partial charge in [0.25, 0.3) is 0 Å². The standard InChI is InChI=1S/C13H15Cl2N3O/c14-9-5-11-12(6-10(9)15)18(13(16)17-11)7-8-3-1-2-4-19-8/h5-6,8H,1-4,7H2,(H2,16,17). The summed E-state index contributed by atoms with van der Waals surface area (Å²) in [5.41, 5.74) is 7.65. The van der Waals surface area contributed by atoms with Gasteiger partial charge in [0.15, 0.2) is 0 Å². The Bertz CT molecular complexity index is 605. The first-order chi connectivity index (χ1) is 9.15. The van der Waals surface area contributed by atoms with Crippen molar-refractivity contribution in [2.75, 3.05) is 12.3 Å². The molecule has 1 saturated heterocycles. The highest BCUT2D eigenvalue weighted by atomic mass is 35.5. The van der Waals surface area contributed by atoms with Crippen LogP contribution in [-0.2, 0) is 11.3 Å². The minimum absolute atomic E-state index is 0.197. The number of halogens is 2. The lowest BCUT2D eigenvalue weighted by Gasteiger charge is -2.23. The van der Waals surface area contributed by atoms with Gasteiger partial charge in [-0.25, -0.2) is 4.98 Å². The Morgan fingerprint density at radius 3 is 2.84 bits per heavy atom. The zero-order valence-electron chi connectivity index (χ0n) is 10.4. The van der Waals surface area contributed by atoms with Crippen LogP contribution in [0.5, 0.6) is 0 Å². The van der Waals surface area contributed by atoms with E-state index in [0.29, 0.717) is 22.5 Å². The highest BCUT2D eigenvalue weighted by Gasteiger charge is 2.18. The van der Waals surface area contributed by atoms with Crippen LogP contribution in [0.25, 0.3) is 11.0 Å². The van der Waals surface area contributed by atoms with Crippen molar-refractivity contribution in [3.8, 4) is 0 Å². The summed E-state index contributed by atoms with van der Waals surface area (Å²) < 4.78 is 7.70. The number of nitrogen functional groups attached to an aromatic ring is 1. The van der Waals surface area contributed by atoms with E-state index in [-0.39, 0.29) is 6.10 Å². The van der Waals surface area contributed by atoms with Crippen LogP contribution >= 0.6 is 23.2 Å². The molecule has 1 aromatic carbocycles. The third-order valence-corrected chi connectivity index (χ3v) is 4.20. The van der Waals surface area contributed by atoms with Crippen molar-refractivity contribution in [2.24, 2.45) is 0 Å². The molecule has 0 amide bonds. The molecule has 0 bridgehead atoms. The molecule has 2 aromatic rings. The van der Waals surface area contributed by atoms with Crippen LogP contribution in [0.2, 0.25) is 10.0 Å². The summed E-state index contributed by atoms with van der Waals surface area (Å²) >= 11 is 12.1. The SMILES string of the molecule is Nc1nc2cc(Cl)c(Cl)cc2n1CC1CCCCO1. The molecule has 2 heterocycles. The molecule has 1 fully saturated rings. The monoisotopic (exact) mass is 299 g/mol. The number of rotatable bonds is 2. The van der Waals surface area contributed by atoms with E-state index in [0.717, 1.165) is 30.5 Å². The maximum absolute atomic E-state index is 6.07. The summed E-state index contributed by atoms with van der Waals surface area (Å²) in [4.78, 5) is 4.32. The van der Waals surface area contributed by atoms with Crippen molar-refractivity contribution in [1.29, 1.82) is 0 Å². The van der Waals surface area contributed by atoms with Gasteiger partial charge < -0.3 is 15.0 Å². The number of hydrogen-bond donors (Lipinski definition) is 1. The first-order valence-electron chi connectivity index (χ1n) is 6.37. The topological polar surface area (TPSA) is 53.1 Å². The fourth-order valence-electron chi connectivity index (χ4n) is 2.49. The minimum atomic E-state index is 0.197. The molecule has 1 atom stereocenters. The molecular formula is C13H15Cl2N3O. The predicted octanol–water partition coefficient (Wildman–Crippen LogP) is 3.49. The fourth-order valence-corrected chi connectivity index (χ4v) is 2.80. The molecule has 4 nitrogen and oxygen atoms in total. The van der Waals surface area contributed by atoms with Gasteiger partial charge in [-0.3, -0.25) is 0 Å². The normalized spacial score (nSPS) is 20.0. The predicted molar refractivity (Wildman–Crippen MR) is 77.8 cm³/mol. The Balaban J connectivity index is 1.97. The summed E-state index contributed by atoms with van der Waals surface area (Å²) in [6.45, 7) is 1.53. The van der Waals surface area contributed by atoms with Crippen LogP contribution in [0.4, 0.5) is 5.95 Å². The number of benzene rings is 1. The van der Waals surface area contributed by atoms with E-state index >= 15 is 0 Å². The van der Waals surface area contributed by atoms with Crippen LogP contribution in [-0.4, -0.2) is 22.3 Å². The molecule has 19 heavy (non-hydrogen) atoms. The molecule has 1 aliphatic rings. The van der Waals surface area contributed by atoms with Crippen molar-refractivity contribution in [3.05, 3.63) is 22.2 Å². The van der Waals surface area contributed by atoms with Gasteiger partial charge in [-0.05, 0) is 31.4 Å². The van der Waals surface area contributed by atoms with Crippen molar-refractivity contribution >= 4 is 40.2 Å². The fraction of sp³-hybridized carbons (Fsp3) is 0.462. The zero-order chi connectivity index (χ0) is 13.4. The first-order valence-corrected chi connectivity index (χ1v) is 7.13. The molecule has 3 rings (SSSR count). The van der Waals surface area contributed by atoms with Crippen LogP contribution in [0.3, 0.4) is 0 Å². The number of imidazole rings is 1. The summed E-state index contributed by atoms with van der Waals surface area (Å²) in [7, 11) is 0. The summed E-state index contributed by atoms with van der Waals surface area (Å²) in [6, 6.07) is 3.55. The maximum atomic E-state index is 6.07. The van der Waals surface area contributed by atoms with Crippen molar-refractivity contribution in [3.63, 3.8) is 0 Å². The highest BCUT2D eigenvalue weighted by molar-refractivity contribution is 6.42. The van der Waals surface area contributed by atoms with Gasteiger partial charge in [0.2, 0.25) is 5.95 Å². The third kappa shape index (κ3) is 2.53. The number of nitrogens with two attached hydrogens (primary N) is 1. The molecule has 0 spiro atoms. The van der Waals surface area contributed by atoms with Crippen LogP contribution in [0, 0.1) is 0 Å². The minimum Gasteiger partial charge on any atom is -0.376 e. The van der Waals surface area contributed by atoms with Crippen LogP contribution < -0.4 is 5.73 Å². The molecule has 2 N–H and O–H groups in total. The van der Waals surface area contributed by atoms with E-state index in [2.05, 4.69) is 4.98 Å². The van der Waals surface area contributed by atoms with Gasteiger partial charge in [-0.1, -0.05) is 23.2 Å². The molecule has 0 saturated carbocycles. The quantitative estimate of drug-likeness (QED) is 0.923. The molecule has 1 unspecified atom stereocenters. The number of hydrogen-bond acceptors (Lipinski definition) is 3. The summed E-state index contributed by atoms with van der Waals surface area (Å²) in [5.74, 6) is 0.475. The van der Waals surface area contributed by atoms with E-state index < -0.39 is 0 Å². The van der Waals surface area contributed by atoms with Crippen molar-refractivity contribution in [2.45, 2.75) is 31.9 Å². The van der Waals surface area contributed by atoms with Gasteiger partial charge in [0, 0.05) is 6.61 Å². The maximum Gasteiger partial charge on any atom is 0.201 e. The largest absolute Gasteiger partial charge is 0.376 e. The van der Waals surface area contributed by atoms with E-state index in [1.807, 2.05) is 10.6 Å². The highest BCUT2D eigenvalue weighted by Crippen LogP contribution is 2.29. The molecule has 102 valence electrons. The Morgan fingerprint density at radius 2 is 2.11 bits per heavy atom. The van der Waals surface area contributed by atoms with E-state index in [1.54, 1.807) is 6.07 Å². The first kappa shape index (κ1) is 13.0. The van der Waals surface area contributed by atoms with E-state index in [4.69, 9.17) is 33.7 Å². The number of fused-ring (bicyclic) bond motifs is 1. The van der Waals surface area contributed by atoms with Gasteiger partial charge >= 0.3 is 0 Å². The second kappa shape index (κ2) is 5.19. The molecule has 1 aliphatic heterocycles. The van der Waals surface area contributed by atoms with Crippen LogP contribution in [0.15, 0.2) is 12.1 Å². The van der Waals surface area contributed by atoms with Crippen molar-refractivity contribution < 1.29 is 4.74 Å².